The Kier molecular flexibility index (Phi) is 4.18. The summed E-state index contributed by atoms with van der Waals surface area (Å²) in [6.07, 6.45) is 0. The monoisotopic (exact) mass is 171 g/mol. The molecule has 4 nitrogen and oxygen atoms in total. The molecule has 0 saturated heterocycles. The van der Waals surface area contributed by atoms with Crippen LogP contribution in [0.3, 0.4) is 0 Å². The van der Waals surface area contributed by atoms with Gasteiger partial charge in [-0.15, -0.1) is 0 Å². The van der Waals surface area contributed by atoms with Crippen molar-refractivity contribution >= 4 is 0 Å². The molecule has 0 saturated carbocycles. The zero-order valence-electron chi connectivity index (χ0n) is 8.46. The van der Waals surface area contributed by atoms with Crippen LogP contribution in [0.1, 0.15) is 6.92 Å². The summed E-state index contributed by atoms with van der Waals surface area (Å²) in [5.41, 5.74) is 0. The van der Waals surface area contributed by atoms with Gasteiger partial charge in [0.25, 0.3) is 5.85 Å². The van der Waals surface area contributed by atoms with Gasteiger partial charge < -0.3 is 4.74 Å². The summed E-state index contributed by atoms with van der Waals surface area (Å²) < 4.78 is 5.39. The van der Waals surface area contributed by atoms with Crippen LogP contribution in [0.25, 0.3) is 0 Å². The van der Waals surface area contributed by atoms with Crippen LogP contribution in [0.4, 0.5) is 0 Å². The highest BCUT2D eigenvalue weighted by atomic mass is 16.5. The highest BCUT2D eigenvalue weighted by Crippen LogP contribution is 2.15. The van der Waals surface area contributed by atoms with E-state index in [1.54, 1.807) is 9.80 Å². The average Bonchev–Trinajstić information content (AvgIpc) is 1.98. The molecule has 0 rings (SSSR count). The largest absolute Gasteiger partial charge is 0.336 e. The fourth-order valence-electron chi connectivity index (χ4n) is 1.09. The quantitative estimate of drug-likeness (QED) is 0.571. The van der Waals surface area contributed by atoms with E-state index in [1.807, 2.05) is 35.1 Å². The second kappa shape index (κ2) is 4.41. The van der Waals surface area contributed by atoms with Crippen molar-refractivity contribution in [1.29, 1.82) is 5.26 Å². The highest BCUT2D eigenvalue weighted by Gasteiger charge is 2.36. The molecule has 0 N–H and O–H groups in total. The third kappa shape index (κ3) is 1.95. The van der Waals surface area contributed by atoms with Gasteiger partial charge in [-0.25, -0.2) is 0 Å². The van der Waals surface area contributed by atoms with E-state index in [0.717, 1.165) is 0 Å². The molecule has 0 unspecified atom stereocenters. The van der Waals surface area contributed by atoms with Crippen LogP contribution in [0.15, 0.2) is 0 Å². The smallest absolute Gasteiger partial charge is 0.271 e. The minimum absolute atomic E-state index is 0.518. The van der Waals surface area contributed by atoms with E-state index < -0.39 is 5.85 Å². The number of hydrogen-bond donors (Lipinski definition) is 0. The Hall–Kier alpha value is -0.630. The molecule has 0 radical (unpaired) electrons. The van der Waals surface area contributed by atoms with E-state index in [9.17, 15) is 0 Å². The van der Waals surface area contributed by atoms with Crippen LogP contribution in [0.2, 0.25) is 0 Å². The van der Waals surface area contributed by atoms with Crippen LogP contribution in [-0.4, -0.2) is 50.4 Å². The summed E-state index contributed by atoms with van der Waals surface area (Å²) in [6.45, 7) is 2.39. The summed E-state index contributed by atoms with van der Waals surface area (Å²) in [6, 6.07) is 2.14. The SMILES string of the molecule is CCOC(C#N)(N(C)C)N(C)C. The summed E-state index contributed by atoms with van der Waals surface area (Å²) >= 11 is 0. The van der Waals surface area contributed by atoms with Crippen molar-refractivity contribution in [2.24, 2.45) is 0 Å². The minimum atomic E-state index is -0.936. The molecule has 0 aliphatic rings. The minimum Gasteiger partial charge on any atom is -0.336 e. The zero-order valence-corrected chi connectivity index (χ0v) is 8.46. The lowest BCUT2D eigenvalue weighted by atomic mass is 10.3. The van der Waals surface area contributed by atoms with Crippen LogP contribution in [-0.2, 0) is 4.74 Å². The summed E-state index contributed by atoms with van der Waals surface area (Å²) in [5.74, 6) is -0.936. The second-order valence-corrected chi connectivity index (χ2v) is 2.94. The molecule has 0 aromatic carbocycles. The second-order valence-electron chi connectivity index (χ2n) is 2.94. The van der Waals surface area contributed by atoms with Gasteiger partial charge in [0.05, 0.1) is 0 Å². The first-order valence-corrected chi connectivity index (χ1v) is 3.91. The predicted molar refractivity (Wildman–Crippen MR) is 47.3 cm³/mol. The highest BCUT2D eigenvalue weighted by molar-refractivity contribution is 4.97. The molecule has 70 valence electrons. The molecular formula is C8H17N3O. The van der Waals surface area contributed by atoms with Crippen LogP contribution < -0.4 is 0 Å². The molecule has 12 heavy (non-hydrogen) atoms. The van der Waals surface area contributed by atoms with Gasteiger partial charge in [-0.2, -0.15) is 5.26 Å². The van der Waals surface area contributed by atoms with Gasteiger partial charge in [0.2, 0.25) is 0 Å². The number of nitriles is 1. The Morgan fingerprint density at radius 2 is 1.67 bits per heavy atom. The van der Waals surface area contributed by atoms with Crippen LogP contribution in [0.5, 0.6) is 0 Å². The summed E-state index contributed by atoms with van der Waals surface area (Å²) in [5, 5.41) is 8.99. The number of ether oxygens (including phenoxy) is 1. The van der Waals surface area contributed by atoms with Gasteiger partial charge in [-0.05, 0) is 35.1 Å². The topological polar surface area (TPSA) is 39.5 Å². The van der Waals surface area contributed by atoms with Gasteiger partial charge in [0, 0.05) is 6.61 Å². The lowest BCUT2D eigenvalue weighted by Crippen LogP contribution is -2.56. The fraction of sp³-hybridized carbons (Fsp3) is 0.875. The first kappa shape index (κ1) is 11.4. The molecule has 0 aliphatic carbocycles. The van der Waals surface area contributed by atoms with Crippen molar-refractivity contribution < 1.29 is 4.74 Å². The first-order chi connectivity index (χ1) is 5.51. The van der Waals surface area contributed by atoms with E-state index >= 15 is 0 Å². The average molecular weight is 171 g/mol. The number of rotatable bonds is 4. The van der Waals surface area contributed by atoms with Crippen molar-refractivity contribution in [3.8, 4) is 6.07 Å². The number of hydrogen-bond acceptors (Lipinski definition) is 4. The van der Waals surface area contributed by atoms with E-state index in [0.29, 0.717) is 6.61 Å². The molecule has 0 aromatic heterocycles. The maximum Gasteiger partial charge on any atom is 0.271 e. The van der Waals surface area contributed by atoms with Gasteiger partial charge >= 0.3 is 0 Å². The van der Waals surface area contributed by atoms with Crippen molar-refractivity contribution in [2.75, 3.05) is 34.8 Å². The molecule has 0 heterocycles. The first-order valence-electron chi connectivity index (χ1n) is 3.91. The summed E-state index contributed by atoms with van der Waals surface area (Å²) in [7, 11) is 7.27. The van der Waals surface area contributed by atoms with Gasteiger partial charge in [0.1, 0.15) is 6.07 Å². The molecule has 0 fully saturated rings. The van der Waals surface area contributed by atoms with Gasteiger partial charge in [-0.3, -0.25) is 9.80 Å². The lowest BCUT2D eigenvalue weighted by molar-refractivity contribution is -0.175. The Bertz CT molecular complexity index is 164. The third-order valence-corrected chi connectivity index (χ3v) is 1.70. The maximum atomic E-state index is 8.99. The molecule has 0 spiro atoms. The molecule has 4 heteroatoms. The van der Waals surface area contributed by atoms with Gasteiger partial charge in [-0.1, -0.05) is 0 Å². The van der Waals surface area contributed by atoms with E-state index in [1.165, 1.54) is 0 Å². The third-order valence-electron chi connectivity index (χ3n) is 1.70. The molecule has 0 atom stereocenters. The Labute approximate surface area is 74.3 Å². The molecule has 0 aromatic rings. The molecule has 0 aliphatic heterocycles. The molecule has 0 amide bonds. The zero-order chi connectivity index (χ0) is 9.78. The van der Waals surface area contributed by atoms with Crippen LogP contribution in [0, 0.1) is 11.3 Å². The van der Waals surface area contributed by atoms with E-state index in [2.05, 4.69) is 6.07 Å². The predicted octanol–water partition coefficient (Wildman–Crippen LogP) is 0.323. The Balaban J connectivity index is 4.67. The van der Waals surface area contributed by atoms with Crippen molar-refractivity contribution in [2.45, 2.75) is 12.8 Å². The van der Waals surface area contributed by atoms with Crippen molar-refractivity contribution in [3.05, 3.63) is 0 Å². The van der Waals surface area contributed by atoms with E-state index in [-0.39, 0.29) is 0 Å². The Morgan fingerprint density at radius 3 is 1.75 bits per heavy atom. The molecular weight excluding hydrogens is 154 g/mol. The van der Waals surface area contributed by atoms with Gasteiger partial charge in [0.15, 0.2) is 0 Å². The fourth-order valence-corrected chi connectivity index (χ4v) is 1.09. The number of nitrogens with zero attached hydrogens (tertiary/aromatic N) is 3. The van der Waals surface area contributed by atoms with E-state index in [4.69, 9.17) is 10.00 Å². The standard InChI is InChI=1S/C8H17N3O/c1-6-12-8(7-9,10(2)3)11(4)5/h6H2,1-5H3. The lowest BCUT2D eigenvalue weighted by Gasteiger charge is -2.37. The molecule has 0 bridgehead atoms. The van der Waals surface area contributed by atoms with Crippen LogP contribution >= 0.6 is 0 Å². The summed E-state index contributed by atoms with van der Waals surface area (Å²) in [4.78, 5) is 3.49. The van der Waals surface area contributed by atoms with Crippen molar-refractivity contribution in [1.82, 2.24) is 9.80 Å². The van der Waals surface area contributed by atoms with Crippen molar-refractivity contribution in [3.63, 3.8) is 0 Å². The maximum absolute atomic E-state index is 8.99. The Morgan fingerprint density at radius 1 is 1.25 bits per heavy atom. The normalized spacial score (nSPS) is 12.2.